The Morgan fingerprint density at radius 2 is 2.10 bits per heavy atom. The first kappa shape index (κ1) is 18.2. The maximum Gasteiger partial charge on any atom is 0.264 e. The summed E-state index contributed by atoms with van der Waals surface area (Å²) in [6.45, 7) is 2.05. The Balaban J connectivity index is 3.19. The molecule has 0 aliphatic carbocycles. The van der Waals surface area contributed by atoms with Crippen molar-refractivity contribution in [3.63, 3.8) is 0 Å². The standard InChI is InChI=1S/C12H14Cl2FNO4S/c1-3-8(6-20-2)16-12(17)9-4-7(13)5-10(11(9)15)21(14,18)19/h4-5,8H,3,6H2,1-2H3,(H,16,17). The van der Waals surface area contributed by atoms with E-state index in [2.05, 4.69) is 5.32 Å². The molecule has 0 saturated heterocycles. The molecule has 21 heavy (non-hydrogen) atoms. The molecule has 1 amide bonds. The third-order valence-corrected chi connectivity index (χ3v) is 4.25. The summed E-state index contributed by atoms with van der Waals surface area (Å²) in [5.41, 5.74) is -0.490. The first-order valence-corrected chi connectivity index (χ1v) is 8.63. The zero-order valence-corrected chi connectivity index (χ0v) is 13.6. The largest absolute Gasteiger partial charge is 0.383 e. The van der Waals surface area contributed by atoms with Crippen molar-refractivity contribution in [1.82, 2.24) is 5.32 Å². The molecule has 0 aromatic heterocycles. The SMILES string of the molecule is CCC(COC)NC(=O)c1cc(Cl)cc(S(=O)(=O)Cl)c1F. The van der Waals surface area contributed by atoms with Gasteiger partial charge >= 0.3 is 0 Å². The van der Waals surface area contributed by atoms with Crippen LogP contribution in [0.15, 0.2) is 17.0 Å². The predicted molar refractivity (Wildman–Crippen MR) is 77.9 cm³/mol. The fraction of sp³-hybridized carbons (Fsp3) is 0.417. The summed E-state index contributed by atoms with van der Waals surface area (Å²) in [7, 11) is 2.23. The molecule has 1 N–H and O–H groups in total. The summed E-state index contributed by atoms with van der Waals surface area (Å²) in [4.78, 5) is 11.2. The third-order valence-electron chi connectivity index (χ3n) is 2.71. The lowest BCUT2D eigenvalue weighted by Gasteiger charge is -2.16. The van der Waals surface area contributed by atoms with Crippen LogP contribution in [0.25, 0.3) is 0 Å². The Kier molecular flexibility index (Phi) is 6.40. The second-order valence-corrected chi connectivity index (χ2v) is 7.21. The monoisotopic (exact) mass is 357 g/mol. The Morgan fingerprint density at radius 1 is 1.48 bits per heavy atom. The van der Waals surface area contributed by atoms with E-state index in [4.69, 9.17) is 27.0 Å². The normalized spacial score (nSPS) is 13.0. The van der Waals surface area contributed by atoms with E-state index < -0.39 is 31.2 Å². The maximum absolute atomic E-state index is 14.1. The average Bonchev–Trinajstić information content (AvgIpc) is 2.39. The molecule has 0 aliphatic rings. The van der Waals surface area contributed by atoms with E-state index in [1.54, 1.807) is 0 Å². The molecule has 0 aliphatic heterocycles. The molecule has 0 saturated carbocycles. The Morgan fingerprint density at radius 3 is 2.57 bits per heavy atom. The van der Waals surface area contributed by atoms with Crippen molar-refractivity contribution >= 4 is 37.2 Å². The van der Waals surface area contributed by atoms with E-state index >= 15 is 0 Å². The van der Waals surface area contributed by atoms with Gasteiger partial charge in [0.2, 0.25) is 0 Å². The molecule has 1 rings (SSSR count). The van der Waals surface area contributed by atoms with E-state index in [0.29, 0.717) is 6.42 Å². The number of rotatable bonds is 6. The molecular formula is C12H14Cl2FNO4S. The van der Waals surface area contributed by atoms with Gasteiger partial charge in [-0.3, -0.25) is 4.79 Å². The minimum Gasteiger partial charge on any atom is -0.383 e. The Bertz CT molecular complexity index is 636. The van der Waals surface area contributed by atoms with Gasteiger partial charge in [0.15, 0.2) is 5.82 Å². The number of methoxy groups -OCH3 is 1. The van der Waals surface area contributed by atoms with Crippen LogP contribution in [0.4, 0.5) is 4.39 Å². The van der Waals surface area contributed by atoms with Crippen LogP contribution in [0.1, 0.15) is 23.7 Å². The van der Waals surface area contributed by atoms with E-state index in [1.807, 2.05) is 6.92 Å². The first-order valence-electron chi connectivity index (χ1n) is 5.94. The molecule has 1 unspecified atom stereocenters. The summed E-state index contributed by atoms with van der Waals surface area (Å²) >= 11 is 5.71. The highest BCUT2D eigenvalue weighted by Gasteiger charge is 2.24. The number of amides is 1. The number of halogens is 3. The van der Waals surface area contributed by atoms with Crippen LogP contribution in [-0.2, 0) is 13.8 Å². The van der Waals surface area contributed by atoms with Gasteiger partial charge in [0, 0.05) is 22.8 Å². The van der Waals surface area contributed by atoms with Crippen molar-refractivity contribution in [1.29, 1.82) is 0 Å². The highest BCUT2D eigenvalue weighted by atomic mass is 35.7. The van der Waals surface area contributed by atoms with Gasteiger partial charge in [-0.2, -0.15) is 0 Å². The van der Waals surface area contributed by atoms with Crippen molar-refractivity contribution in [2.24, 2.45) is 0 Å². The zero-order valence-electron chi connectivity index (χ0n) is 11.3. The number of carbonyl (C=O) groups is 1. The number of hydrogen-bond donors (Lipinski definition) is 1. The molecule has 118 valence electrons. The molecular weight excluding hydrogens is 344 g/mol. The summed E-state index contributed by atoms with van der Waals surface area (Å²) in [5, 5.41) is 2.42. The molecule has 0 fully saturated rings. The minimum atomic E-state index is -4.35. The summed E-state index contributed by atoms with van der Waals surface area (Å²) in [5.74, 6) is -2.03. The maximum atomic E-state index is 14.1. The van der Waals surface area contributed by atoms with Gasteiger partial charge in [0.05, 0.1) is 18.2 Å². The van der Waals surface area contributed by atoms with Crippen molar-refractivity contribution in [2.75, 3.05) is 13.7 Å². The molecule has 0 bridgehead atoms. The fourth-order valence-electron chi connectivity index (χ4n) is 1.63. The molecule has 0 radical (unpaired) electrons. The third kappa shape index (κ3) is 4.81. The highest BCUT2D eigenvalue weighted by Crippen LogP contribution is 2.26. The molecule has 5 nitrogen and oxygen atoms in total. The van der Waals surface area contributed by atoms with E-state index in [9.17, 15) is 17.6 Å². The molecule has 0 heterocycles. The van der Waals surface area contributed by atoms with Crippen molar-refractivity contribution in [3.05, 3.63) is 28.5 Å². The van der Waals surface area contributed by atoms with Crippen molar-refractivity contribution < 1.29 is 22.3 Å². The summed E-state index contributed by atoms with van der Waals surface area (Å²) < 4.78 is 41.6. The molecule has 9 heteroatoms. The van der Waals surface area contributed by atoms with E-state index in [1.165, 1.54) is 7.11 Å². The number of nitrogens with one attached hydrogen (secondary N) is 1. The van der Waals surface area contributed by atoms with Crippen LogP contribution in [0.2, 0.25) is 5.02 Å². The van der Waals surface area contributed by atoms with E-state index in [0.717, 1.165) is 12.1 Å². The number of ether oxygens (including phenoxy) is 1. The zero-order chi connectivity index (χ0) is 16.2. The van der Waals surface area contributed by atoms with Crippen molar-refractivity contribution in [3.8, 4) is 0 Å². The smallest absolute Gasteiger partial charge is 0.264 e. The van der Waals surface area contributed by atoms with Gasteiger partial charge in [-0.1, -0.05) is 18.5 Å². The topological polar surface area (TPSA) is 72.5 Å². The second kappa shape index (κ2) is 7.40. The summed E-state index contributed by atoms with van der Waals surface area (Å²) in [6.07, 6.45) is 0.558. The highest BCUT2D eigenvalue weighted by molar-refractivity contribution is 8.13. The lowest BCUT2D eigenvalue weighted by Crippen LogP contribution is -2.38. The fourth-order valence-corrected chi connectivity index (χ4v) is 2.84. The van der Waals surface area contributed by atoms with Crippen molar-refractivity contribution in [2.45, 2.75) is 24.3 Å². The van der Waals surface area contributed by atoms with Crippen LogP contribution in [0.5, 0.6) is 0 Å². The second-order valence-electron chi connectivity index (χ2n) is 4.24. The minimum absolute atomic E-state index is 0.111. The lowest BCUT2D eigenvalue weighted by molar-refractivity contribution is 0.0890. The van der Waals surface area contributed by atoms with Crippen LogP contribution < -0.4 is 5.32 Å². The summed E-state index contributed by atoms with van der Waals surface area (Å²) in [6, 6.07) is 1.55. The Labute approximate surface area is 131 Å². The van der Waals surface area contributed by atoms with Crippen LogP contribution >= 0.6 is 22.3 Å². The number of carbonyl (C=O) groups excluding carboxylic acids is 1. The predicted octanol–water partition coefficient (Wildman–Crippen LogP) is 2.56. The van der Waals surface area contributed by atoms with Gasteiger partial charge in [-0.05, 0) is 18.6 Å². The van der Waals surface area contributed by atoms with Gasteiger partial charge in [0.25, 0.3) is 15.0 Å². The Hall–Kier alpha value is -0.890. The first-order chi connectivity index (χ1) is 9.70. The number of benzene rings is 1. The molecule has 1 aromatic carbocycles. The number of hydrogen-bond acceptors (Lipinski definition) is 4. The van der Waals surface area contributed by atoms with E-state index in [-0.39, 0.29) is 17.7 Å². The van der Waals surface area contributed by atoms with Crippen LogP contribution in [0.3, 0.4) is 0 Å². The van der Waals surface area contributed by atoms with Crippen LogP contribution in [0, 0.1) is 5.82 Å². The van der Waals surface area contributed by atoms with Gasteiger partial charge in [-0.15, -0.1) is 0 Å². The quantitative estimate of drug-likeness (QED) is 0.794. The molecule has 1 aromatic rings. The molecule has 0 spiro atoms. The lowest BCUT2D eigenvalue weighted by atomic mass is 10.1. The van der Waals surface area contributed by atoms with Crippen LogP contribution in [-0.4, -0.2) is 34.1 Å². The molecule has 1 atom stereocenters. The van der Waals surface area contributed by atoms with Gasteiger partial charge in [-0.25, -0.2) is 12.8 Å². The average molecular weight is 358 g/mol. The van der Waals surface area contributed by atoms with Gasteiger partial charge in [0.1, 0.15) is 4.90 Å². The van der Waals surface area contributed by atoms with Gasteiger partial charge < -0.3 is 10.1 Å².